The molecule has 4 rings (SSSR count). The Morgan fingerprint density at radius 2 is 1.64 bits per heavy atom. The summed E-state index contributed by atoms with van der Waals surface area (Å²) in [5.74, 6) is 3.31. The molecular weight excluding hydrogens is 276 g/mol. The number of hydrogen-bond donors (Lipinski definition) is 0. The van der Waals surface area contributed by atoms with Crippen LogP contribution in [-0.2, 0) is 14.3 Å². The minimum atomic E-state index is -0.388. The lowest BCUT2D eigenvalue weighted by Crippen LogP contribution is -2.50. The zero-order valence-electron chi connectivity index (χ0n) is 14.4. The minimum absolute atomic E-state index is 0.0366. The van der Waals surface area contributed by atoms with Crippen molar-refractivity contribution in [3.8, 4) is 0 Å². The van der Waals surface area contributed by atoms with Crippen molar-refractivity contribution in [1.29, 1.82) is 0 Å². The molecule has 0 radical (unpaired) electrons. The third kappa shape index (κ3) is 3.34. The average Bonchev–Trinajstić information content (AvgIpc) is 2.47. The van der Waals surface area contributed by atoms with Crippen molar-refractivity contribution in [2.24, 2.45) is 29.6 Å². The molecule has 0 N–H and O–H groups in total. The lowest BCUT2D eigenvalue weighted by atomic mass is 9.55. The van der Waals surface area contributed by atoms with Gasteiger partial charge in [-0.15, -0.1) is 0 Å². The molecule has 0 aromatic carbocycles. The number of hydrogen-bond acceptors (Lipinski definition) is 3. The first kappa shape index (κ1) is 16.3. The minimum Gasteiger partial charge on any atom is -0.436 e. The summed E-state index contributed by atoms with van der Waals surface area (Å²) in [6.45, 7) is 6.08. The van der Waals surface area contributed by atoms with Gasteiger partial charge in [-0.2, -0.15) is 0 Å². The lowest BCUT2D eigenvalue weighted by Gasteiger charge is -2.54. The van der Waals surface area contributed by atoms with Crippen LogP contribution in [0, 0.1) is 29.6 Å². The van der Waals surface area contributed by atoms with Gasteiger partial charge in [-0.1, -0.05) is 20.3 Å². The van der Waals surface area contributed by atoms with E-state index in [0.29, 0.717) is 6.10 Å². The number of esters is 1. The van der Waals surface area contributed by atoms with Crippen LogP contribution in [0.4, 0.5) is 0 Å². The van der Waals surface area contributed by atoms with Crippen LogP contribution in [-0.4, -0.2) is 18.4 Å². The average molecular weight is 308 g/mol. The van der Waals surface area contributed by atoms with Crippen LogP contribution >= 0.6 is 0 Å². The highest BCUT2D eigenvalue weighted by Crippen LogP contribution is 2.54. The maximum atomic E-state index is 12.2. The van der Waals surface area contributed by atoms with E-state index >= 15 is 0 Å². The summed E-state index contributed by atoms with van der Waals surface area (Å²) in [4.78, 5) is 12.2. The van der Waals surface area contributed by atoms with Gasteiger partial charge in [0, 0.05) is 0 Å². The fourth-order valence-corrected chi connectivity index (χ4v) is 5.44. The van der Waals surface area contributed by atoms with Crippen molar-refractivity contribution in [1.82, 2.24) is 0 Å². The van der Waals surface area contributed by atoms with E-state index in [1.165, 1.54) is 32.1 Å². The van der Waals surface area contributed by atoms with Crippen LogP contribution in [0.15, 0.2) is 0 Å². The topological polar surface area (TPSA) is 35.5 Å². The van der Waals surface area contributed by atoms with E-state index in [9.17, 15) is 4.79 Å². The summed E-state index contributed by atoms with van der Waals surface area (Å²) in [7, 11) is 0. The monoisotopic (exact) mass is 308 g/mol. The fourth-order valence-electron chi connectivity index (χ4n) is 5.44. The molecule has 126 valence electrons. The first-order chi connectivity index (χ1) is 10.6. The van der Waals surface area contributed by atoms with Gasteiger partial charge in [-0.25, -0.2) is 0 Å². The van der Waals surface area contributed by atoms with E-state index in [4.69, 9.17) is 9.47 Å². The van der Waals surface area contributed by atoms with Crippen molar-refractivity contribution in [2.75, 3.05) is 0 Å². The Kier molecular flexibility index (Phi) is 5.11. The fraction of sp³-hybridized carbons (Fsp3) is 0.947. The number of carbonyl (C=O) groups excluding carboxylic acids is 1. The second kappa shape index (κ2) is 6.90. The molecule has 2 atom stereocenters. The first-order valence-electron chi connectivity index (χ1n) is 9.46. The third-order valence-corrected chi connectivity index (χ3v) is 6.23. The van der Waals surface area contributed by atoms with Crippen molar-refractivity contribution in [3.63, 3.8) is 0 Å². The summed E-state index contributed by atoms with van der Waals surface area (Å²) in [5.41, 5.74) is 0. The Balaban J connectivity index is 1.51. The van der Waals surface area contributed by atoms with Crippen LogP contribution < -0.4 is 0 Å². The zero-order valence-corrected chi connectivity index (χ0v) is 14.4. The number of rotatable bonds is 7. The largest absolute Gasteiger partial charge is 0.436 e. The second-order valence-corrected chi connectivity index (χ2v) is 7.93. The molecule has 0 heterocycles. The van der Waals surface area contributed by atoms with Crippen molar-refractivity contribution >= 4 is 5.97 Å². The van der Waals surface area contributed by atoms with Gasteiger partial charge in [0.2, 0.25) is 0 Å². The van der Waals surface area contributed by atoms with Crippen molar-refractivity contribution in [2.45, 2.75) is 84.5 Å². The molecule has 0 amide bonds. The molecular formula is C19H32O3. The second-order valence-electron chi connectivity index (χ2n) is 7.93. The molecule has 0 saturated heterocycles. The van der Waals surface area contributed by atoms with E-state index in [0.717, 1.165) is 42.9 Å². The van der Waals surface area contributed by atoms with E-state index in [1.54, 1.807) is 0 Å². The molecule has 4 saturated carbocycles. The molecule has 4 bridgehead atoms. The normalized spacial score (nSPS) is 38.8. The SMILES string of the molecule is CCCC(CC)C(=O)OC(C)OC1C2CC3CC(C2)CC1C3. The third-order valence-electron chi connectivity index (χ3n) is 6.23. The highest BCUT2D eigenvalue weighted by Gasteiger charge is 2.49. The predicted molar refractivity (Wildman–Crippen MR) is 86.2 cm³/mol. The zero-order chi connectivity index (χ0) is 15.7. The van der Waals surface area contributed by atoms with Gasteiger partial charge in [-0.05, 0) is 75.5 Å². The van der Waals surface area contributed by atoms with Gasteiger partial charge in [0.15, 0.2) is 6.29 Å². The molecule has 4 aliphatic rings. The van der Waals surface area contributed by atoms with E-state index in [2.05, 4.69) is 13.8 Å². The Bertz CT molecular complexity index is 364. The van der Waals surface area contributed by atoms with Crippen LogP contribution in [0.25, 0.3) is 0 Å². The quantitative estimate of drug-likeness (QED) is 0.511. The Labute approximate surface area is 135 Å². The molecule has 0 aromatic rings. The lowest BCUT2D eigenvalue weighted by molar-refractivity contribution is -0.221. The Morgan fingerprint density at radius 1 is 1.05 bits per heavy atom. The molecule has 22 heavy (non-hydrogen) atoms. The van der Waals surface area contributed by atoms with Crippen molar-refractivity contribution in [3.05, 3.63) is 0 Å². The van der Waals surface area contributed by atoms with E-state index in [1.807, 2.05) is 6.92 Å². The van der Waals surface area contributed by atoms with Crippen LogP contribution in [0.2, 0.25) is 0 Å². The molecule has 0 spiro atoms. The molecule has 4 fully saturated rings. The Morgan fingerprint density at radius 3 is 2.14 bits per heavy atom. The van der Waals surface area contributed by atoms with Gasteiger partial charge in [-0.3, -0.25) is 4.79 Å². The molecule has 2 unspecified atom stereocenters. The van der Waals surface area contributed by atoms with Gasteiger partial charge in [0.05, 0.1) is 12.0 Å². The van der Waals surface area contributed by atoms with Gasteiger partial charge in [0.1, 0.15) is 0 Å². The molecule has 3 nitrogen and oxygen atoms in total. The maximum Gasteiger partial charge on any atom is 0.311 e. The summed E-state index contributed by atoms with van der Waals surface area (Å²) in [5, 5.41) is 0. The van der Waals surface area contributed by atoms with Crippen molar-refractivity contribution < 1.29 is 14.3 Å². The Hall–Kier alpha value is -0.570. The summed E-state index contributed by atoms with van der Waals surface area (Å²) < 4.78 is 11.8. The summed E-state index contributed by atoms with van der Waals surface area (Å²) in [6.07, 6.45) is 9.56. The standard InChI is InChI=1S/C19H32O3/c1-4-6-15(5-2)19(20)22-12(3)21-18-16-8-13-7-14(10-16)11-17(18)9-13/h12-18H,4-11H2,1-3H3. The van der Waals surface area contributed by atoms with E-state index in [-0.39, 0.29) is 18.2 Å². The van der Waals surface area contributed by atoms with Gasteiger partial charge < -0.3 is 9.47 Å². The van der Waals surface area contributed by atoms with Gasteiger partial charge in [0.25, 0.3) is 0 Å². The molecule has 0 aromatic heterocycles. The number of ether oxygens (including phenoxy) is 2. The van der Waals surface area contributed by atoms with Crippen LogP contribution in [0.5, 0.6) is 0 Å². The smallest absolute Gasteiger partial charge is 0.311 e. The molecule has 3 heteroatoms. The summed E-state index contributed by atoms with van der Waals surface area (Å²) in [6, 6.07) is 0. The van der Waals surface area contributed by atoms with Crippen LogP contribution in [0.1, 0.15) is 72.1 Å². The number of carbonyl (C=O) groups is 1. The molecule has 4 aliphatic carbocycles. The summed E-state index contributed by atoms with van der Waals surface area (Å²) >= 11 is 0. The highest BCUT2D eigenvalue weighted by atomic mass is 16.7. The first-order valence-corrected chi connectivity index (χ1v) is 9.46. The van der Waals surface area contributed by atoms with Crippen LogP contribution in [0.3, 0.4) is 0 Å². The molecule has 0 aliphatic heterocycles. The van der Waals surface area contributed by atoms with Gasteiger partial charge >= 0.3 is 5.97 Å². The van der Waals surface area contributed by atoms with E-state index < -0.39 is 0 Å². The highest BCUT2D eigenvalue weighted by molar-refractivity contribution is 5.72. The predicted octanol–water partition coefficient (Wildman–Crippen LogP) is 4.54. The maximum absolute atomic E-state index is 12.2.